The molecular weight excluding hydrogens is 124 g/mol. The topological polar surface area (TPSA) is 35.2 Å². The smallest absolute Gasteiger partial charge is 0.0299 e. The summed E-state index contributed by atoms with van der Waals surface area (Å²) in [6, 6.07) is 3.89. The maximum absolute atomic E-state index is 8.38. The van der Waals surface area contributed by atoms with Crippen LogP contribution in [0.25, 0.3) is 0 Å². The Labute approximate surface area is 60.4 Å². The quantitative estimate of drug-likeness (QED) is 0.564. The van der Waals surface area contributed by atoms with Gasteiger partial charge in [0.05, 0.1) is 0 Å². The Morgan fingerprint density at radius 1 is 1.60 bits per heavy atom. The average Bonchev–Trinajstić information content (AvgIpc) is 2.03. The zero-order chi connectivity index (χ0) is 7.23. The molecule has 1 heterocycles. The lowest BCUT2D eigenvalue weighted by Gasteiger charge is -1.93. The summed E-state index contributed by atoms with van der Waals surface area (Å²) >= 11 is 0. The summed E-state index contributed by atoms with van der Waals surface area (Å²) in [5, 5.41) is 8.38. The van der Waals surface area contributed by atoms with E-state index in [0.717, 1.165) is 12.0 Å². The van der Waals surface area contributed by atoms with Crippen LogP contribution < -0.4 is 5.41 Å². The van der Waals surface area contributed by atoms with Crippen LogP contribution in [-0.4, -0.2) is 11.2 Å². The minimum absolute atomic E-state index is 0.700. The van der Waals surface area contributed by atoms with Gasteiger partial charge in [0, 0.05) is 18.6 Å². The molecule has 0 unspecified atom stereocenters. The van der Waals surface area contributed by atoms with Crippen molar-refractivity contribution < 1.29 is 0 Å². The normalized spacial score (nSPS) is 9.20. The molecule has 0 aliphatic heterocycles. The first-order chi connectivity index (χ1) is 4.93. The first-order valence-electron chi connectivity index (χ1n) is 3.28. The monoisotopic (exact) mass is 133 g/mol. The van der Waals surface area contributed by atoms with Gasteiger partial charge in [0.2, 0.25) is 0 Å². The van der Waals surface area contributed by atoms with Crippen molar-refractivity contribution in [1.29, 1.82) is 0 Å². The minimum Gasteiger partial charge on any atom is -0.264 e. The van der Waals surface area contributed by atoms with Gasteiger partial charge in [-0.2, -0.15) is 5.41 Å². The van der Waals surface area contributed by atoms with Crippen LogP contribution in [0.5, 0.6) is 0 Å². The van der Waals surface area contributed by atoms with Crippen molar-refractivity contribution in [3.05, 3.63) is 30.1 Å². The van der Waals surface area contributed by atoms with E-state index >= 15 is 0 Å². The molecule has 1 radical (unpaired) electrons. The van der Waals surface area contributed by atoms with Crippen LogP contribution in [0.4, 0.5) is 0 Å². The number of rotatable bonds is 3. The van der Waals surface area contributed by atoms with E-state index in [2.05, 4.69) is 4.98 Å². The van der Waals surface area contributed by atoms with Gasteiger partial charge in [-0.3, -0.25) is 4.98 Å². The molecule has 0 aliphatic rings. The Morgan fingerprint density at radius 2 is 2.50 bits per heavy atom. The predicted octanol–water partition coefficient (Wildman–Crippen LogP) is 0.885. The fourth-order valence-corrected chi connectivity index (χ4v) is 0.777. The maximum Gasteiger partial charge on any atom is 0.0299 e. The van der Waals surface area contributed by atoms with Crippen LogP contribution in [-0.2, 0) is 6.42 Å². The van der Waals surface area contributed by atoms with Gasteiger partial charge in [-0.25, -0.2) is 0 Å². The van der Waals surface area contributed by atoms with Crippen LogP contribution in [0.15, 0.2) is 24.5 Å². The predicted molar refractivity (Wildman–Crippen MR) is 40.8 cm³/mol. The van der Waals surface area contributed by atoms with Crippen molar-refractivity contribution in [3.8, 4) is 0 Å². The summed E-state index contributed by atoms with van der Waals surface area (Å²) in [5.74, 6) is 0. The molecule has 51 valence electrons. The molecule has 0 fully saturated rings. The second-order valence-corrected chi connectivity index (χ2v) is 2.08. The van der Waals surface area contributed by atoms with Gasteiger partial charge in [0.15, 0.2) is 0 Å². The van der Waals surface area contributed by atoms with Crippen LogP contribution in [0.3, 0.4) is 0 Å². The van der Waals surface area contributed by atoms with Gasteiger partial charge in [0.25, 0.3) is 0 Å². The molecule has 0 spiro atoms. The Balaban J connectivity index is 2.50. The molecule has 0 N–H and O–H groups in total. The molecule has 10 heavy (non-hydrogen) atoms. The highest BCUT2D eigenvalue weighted by molar-refractivity contribution is 5.54. The molecule has 1 rings (SSSR count). The molecule has 2 nitrogen and oxygen atoms in total. The fraction of sp³-hybridized carbons (Fsp3) is 0.250. The van der Waals surface area contributed by atoms with E-state index in [1.54, 1.807) is 6.20 Å². The van der Waals surface area contributed by atoms with Crippen molar-refractivity contribution in [1.82, 2.24) is 10.4 Å². The molecule has 0 aromatic carbocycles. The second kappa shape index (κ2) is 3.77. The van der Waals surface area contributed by atoms with Gasteiger partial charge in [-0.05, 0) is 24.5 Å². The Bertz CT molecular complexity index is 194. The van der Waals surface area contributed by atoms with E-state index in [9.17, 15) is 0 Å². The zero-order valence-corrected chi connectivity index (χ0v) is 5.70. The zero-order valence-electron chi connectivity index (χ0n) is 5.70. The molecule has 1 aromatic rings. The summed E-state index contributed by atoms with van der Waals surface area (Å²) in [6.45, 7) is 0. The molecule has 0 bridgehead atoms. The highest BCUT2D eigenvalue weighted by atomic mass is 14.6. The summed E-state index contributed by atoms with van der Waals surface area (Å²) in [5.41, 5.74) is 1.16. The molecule has 2 heteroatoms. The van der Waals surface area contributed by atoms with Crippen LogP contribution >= 0.6 is 0 Å². The van der Waals surface area contributed by atoms with Crippen LogP contribution in [0, 0.1) is 0 Å². The van der Waals surface area contributed by atoms with E-state index in [1.165, 1.54) is 6.21 Å². The summed E-state index contributed by atoms with van der Waals surface area (Å²) in [7, 11) is 0. The molecule has 0 atom stereocenters. The van der Waals surface area contributed by atoms with Crippen molar-refractivity contribution in [2.24, 2.45) is 0 Å². The lowest BCUT2D eigenvalue weighted by Crippen LogP contribution is -1.86. The Kier molecular flexibility index (Phi) is 2.62. The molecule has 0 saturated carbocycles. The molecule has 0 aliphatic carbocycles. The van der Waals surface area contributed by atoms with Gasteiger partial charge in [-0.1, -0.05) is 6.07 Å². The number of nitrogens with zero attached hydrogens (tertiary/aromatic N) is 2. The van der Waals surface area contributed by atoms with Crippen molar-refractivity contribution in [3.63, 3.8) is 0 Å². The summed E-state index contributed by atoms with van der Waals surface area (Å²) in [4.78, 5) is 3.94. The number of hydrogen-bond donors (Lipinski definition) is 0. The highest BCUT2D eigenvalue weighted by Crippen LogP contribution is 1.97. The van der Waals surface area contributed by atoms with Crippen LogP contribution in [0.2, 0.25) is 0 Å². The first-order valence-corrected chi connectivity index (χ1v) is 3.28. The second-order valence-electron chi connectivity index (χ2n) is 2.08. The van der Waals surface area contributed by atoms with Crippen molar-refractivity contribution in [2.75, 3.05) is 0 Å². The number of aryl methyl sites for hydroxylation is 1. The molecule has 1 aromatic heterocycles. The lowest BCUT2D eigenvalue weighted by molar-refractivity contribution is 1.04. The van der Waals surface area contributed by atoms with E-state index < -0.39 is 0 Å². The Hall–Kier alpha value is -1.18. The van der Waals surface area contributed by atoms with Crippen molar-refractivity contribution >= 4 is 6.21 Å². The number of pyridine rings is 1. The highest BCUT2D eigenvalue weighted by Gasteiger charge is 1.87. The van der Waals surface area contributed by atoms with E-state index in [0.29, 0.717) is 6.42 Å². The fourth-order valence-electron chi connectivity index (χ4n) is 0.777. The average molecular weight is 133 g/mol. The maximum atomic E-state index is 8.38. The van der Waals surface area contributed by atoms with Gasteiger partial charge in [0.1, 0.15) is 0 Å². The third-order valence-electron chi connectivity index (χ3n) is 1.28. The number of hydrogen-bond acceptors (Lipinski definition) is 1. The first kappa shape index (κ1) is 6.93. The van der Waals surface area contributed by atoms with Gasteiger partial charge >= 0.3 is 0 Å². The van der Waals surface area contributed by atoms with E-state index in [1.807, 2.05) is 18.3 Å². The largest absolute Gasteiger partial charge is 0.264 e. The molecule has 0 amide bonds. The summed E-state index contributed by atoms with van der Waals surface area (Å²) in [6.07, 6.45) is 6.29. The SMILES string of the molecule is [N]=CCCc1cccnc1. The molecule has 0 saturated heterocycles. The van der Waals surface area contributed by atoms with Gasteiger partial charge in [-0.15, -0.1) is 0 Å². The van der Waals surface area contributed by atoms with E-state index in [4.69, 9.17) is 5.41 Å². The summed E-state index contributed by atoms with van der Waals surface area (Å²) < 4.78 is 0. The molecular formula is C8H9N2. The third kappa shape index (κ3) is 1.97. The lowest BCUT2D eigenvalue weighted by atomic mass is 10.2. The van der Waals surface area contributed by atoms with Crippen LogP contribution in [0.1, 0.15) is 12.0 Å². The Morgan fingerprint density at radius 3 is 3.10 bits per heavy atom. The van der Waals surface area contributed by atoms with Crippen molar-refractivity contribution in [2.45, 2.75) is 12.8 Å². The minimum atomic E-state index is 0.700. The number of aromatic nitrogens is 1. The third-order valence-corrected chi connectivity index (χ3v) is 1.28. The van der Waals surface area contributed by atoms with Gasteiger partial charge < -0.3 is 0 Å². The standard InChI is InChI=1S/C8H9N2/c9-5-1-3-8-4-2-6-10-7-8/h2,4-7H,1,3H2. The van der Waals surface area contributed by atoms with E-state index in [-0.39, 0.29) is 0 Å².